The van der Waals surface area contributed by atoms with Crippen molar-refractivity contribution >= 4 is 28.9 Å². The molecule has 8 nitrogen and oxygen atoms in total. The Labute approximate surface area is 234 Å². The molecule has 2 aromatic carbocycles. The predicted molar refractivity (Wildman–Crippen MR) is 161 cm³/mol. The third-order valence-electron chi connectivity index (χ3n) is 7.39. The van der Waals surface area contributed by atoms with Gasteiger partial charge < -0.3 is 30.1 Å². The van der Waals surface area contributed by atoms with E-state index >= 15 is 0 Å². The van der Waals surface area contributed by atoms with Crippen LogP contribution >= 0.6 is 0 Å². The average Bonchev–Trinajstić information content (AvgIpc) is 2.95. The summed E-state index contributed by atoms with van der Waals surface area (Å²) in [5.74, 6) is 0.774. The standard InChI is InChI=1S/C31H47N5O3/c1-6-8-12-24(7-2)30(37)33-25-15-16-27(26(23-25)31(38)32-17-11-18-34(3)4)35-19-21-36(22-20-35)28-13-9-10-14-29(28)39-5/h9-10,13-16,23-24H,6-8,11-12,17-22H2,1-5H3,(H,32,38)(H,33,37). The Morgan fingerprint density at radius 3 is 2.31 bits per heavy atom. The number of hydrogen-bond acceptors (Lipinski definition) is 6. The van der Waals surface area contributed by atoms with Gasteiger partial charge in [0.25, 0.3) is 5.91 Å². The average molecular weight is 538 g/mol. The van der Waals surface area contributed by atoms with Crippen molar-refractivity contribution in [2.24, 2.45) is 5.92 Å². The first-order valence-electron chi connectivity index (χ1n) is 14.4. The highest BCUT2D eigenvalue weighted by Gasteiger charge is 2.24. The Morgan fingerprint density at radius 1 is 0.974 bits per heavy atom. The smallest absolute Gasteiger partial charge is 0.253 e. The molecular weight excluding hydrogens is 490 g/mol. The van der Waals surface area contributed by atoms with E-state index in [1.54, 1.807) is 7.11 Å². The van der Waals surface area contributed by atoms with Gasteiger partial charge in [0.05, 0.1) is 18.4 Å². The molecule has 3 rings (SSSR count). The molecule has 2 N–H and O–H groups in total. The predicted octanol–water partition coefficient (Wildman–Crippen LogP) is 4.86. The molecule has 1 atom stereocenters. The van der Waals surface area contributed by atoms with Crippen LogP contribution in [-0.4, -0.2) is 77.2 Å². The third-order valence-corrected chi connectivity index (χ3v) is 7.39. The van der Waals surface area contributed by atoms with Gasteiger partial charge in [-0.2, -0.15) is 0 Å². The topological polar surface area (TPSA) is 77.1 Å². The number of carbonyl (C=O) groups excluding carboxylic acids is 2. The lowest BCUT2D eigenvalue weighted by Gasteiger charge is -2.38. The molecule has 0 spiro atoms. The molecule has 214 valence electrons. The van der Waals surface area contributed by atoms with E-state index in [4.69, 9.17) is 4.74 Å². The van der Waals surface area contributed by atoms with E-state index in [0.717, 1.165) is 82.0 Å². The molecule has 1 unspecified atom stereocenters. The Kier molecular flexibility index (Phi) is 11.9. The van der Waals surface area contributed by atoms with Crippen molar-refractivity contribution in [2.45, 2.75) is 46.0 Å². The van der Waals surface area contributed by atoms with Gasteiger partial charge in [0.2, 0.25) is 5.91 Å². The van der Waals surface area contributed by atoms with Crippen LogP contribution in [0.5, 0.6) is 5.75 Å². The number of nitrogens with one attached hydrogen (secondary N) is 2. The zero-order chi connectivity index (χ0) is 28.2. The van der Waals surface area contributed by atoms with Gasteiger partial charge in [-0.25, -0.2) is 0 Å². The monoisotopic (exact) mass is 537 g/mol. The van der Waals surface area contributed by atoms with Crippen LogP contribution in [-0.2, 0) is 4.79 Å². The first-order valence-corrected chi connectivity index (χ1v) is 14.4. The molecule has 1 aliphatic heterocycles. The summed E-state index contributed by atoms with van der Waals surface area (Å²) in [6, 6.07) is 13.8. The highest BCUT2D eigenvalue weighted by atomic mass is 16.5. The lowest BCUT2D eigenvalue weighted by atomic mass is 9.98. The first kappa shape index (κ1) is 30.3. The zero-order valence-corrected chi connectivity index (χ0v) is 24.5. The van der Waals surface area contributed by atoms with Gasteiger partial charge in [-0.05, 0) is 70.2 Å². The second-order valence-electron chi connectivity index (χ2n) is 10.5. The summed E-state index contributed by atoms with van der Waals surface area (Å²) in [5.41, 5.74) is 3.26. The molecule has 0 saturated carbocycles. The molecule has 0 bridgehead atoms. The SMILES string of the molecule is CCCCC(CC)C(=O)Nc1ccc(N2CCN(c3ccccc3OC)CC2)c(C(=O)NCCCN(C)C)c1. The number of para-hydroxylation sites is 2. The number of anilines is 3. The van der Waals surface area contributed by atoms with Gasteiger partial charge in [-0.3, -0.25) is 9.59 Å². The Balaban J connectivity index is 1.77. The largest absolute Gasteiger partial charge is 0.495 e. The molecule has 0 aromatic heterocycles. The number of hydrogen-bond donors (Lipinski definition) is 2. The quantitative estimate of drug-likeness (QED) is 0.335. The maximum absolute atomic E-state index is 13.4. The Hall–Kier alpha value is -3.26. The van der Waals surface area contributed by atoms with Crippen LogP contribution in [0.3, 0.4) is 0 Å². The first-order chi connectivity index (χ1) is 18.9. The maximum atomic E-state index is 13.4. The highest BCUT2D eigenvalue weighted by molar-refractivity contribution is 6.02. The number of nitrogens with zero attached hydrogens (tertiary/aromatic N) is 3. The number of piperazine rings is 1. The molecule has 0 radical (unpaired) electrons. The van der Waals surface area contributed by atoms with E-state index in [-0.39, 0.29) is 17.7 Å². The Morgan fingerprint density at radius 2 is 1.67 bits per heavy atom. The third kappa shape index (κ3) is 8.62. The van der Waals surface area contributed by atoms with E-state index in [1.165, 1.54) is 0 Å². The van der Waals surface area contributed by atoms with Crippen molar-refractivity contribution < 1.29 is 14.3 Å². The van der Waals surface area contributed by atoms with Crippen LogP contribution < -0.4 is 25.2 Å². The minimum absolute atomic E-state index is 0.0176. The van der Waals surface area contributed by atoms with Crippen molar-refractivity contribution in [2.75, 3.05) is 75.6 Å². The lowest BCUT2D eigenvalue weighted by Crippen LogP contribution is -2.47. The molecule has 39 heavy (non-hydrogen) atoms. The molecule has 1 aliphatic rings. The van der Waals surface area contributed by atoms with Crippen molar-refractivity contribution in [3.63, 3.8) is 0 Å². The lowest BCUT2D eigenvalue weighted by molar-refractivity contribution is -0.120. The van der Waals surface area contributed by atoms with Gasteiger partial charge >= 0.3 is 0 Å². The van der Waals surface area contributed by atoms with E-state index < -0.39 is 0 Å². The van der Waals surface area contributed by atoms with Crippen molar-refractivity contribution in [1.82, 2.24) is 10.2 Å². The number of ether oxygens (including phenoxy) is 1. The minimum atomic E-state index is -0.106. The second kappa shape index (κ2) is 15.4. The highest BCUT2D eigenvalue weighted by Crippen LogP contribution is 2.31. The van der Waals surface area contributed by atoms with Crippen LogP contribution in [0.2, 0.25) is 0 Å². The fourth-order valence-corrected chi connectivity index (χ4v) is 5.06. The summed E-state index contributed by atoms with van der Waals surface area (Å²) >= 11 is 0. The molecular formula is C31H47N5O3. The molecule has 2 amide bonds. The fraction of sp³-hybridized carbons (Fsp3) is 0.548. The van der Waals surface area contributed by atoms with Crippen LogP contribution in [0.15, 0.2) is 42.5 Å². The molecule has 1 saturated heterocycles. The summed E-state index contributed by atoms with van der Waals surface area (Å²) in [4.78, 5) is 33.1. The number of benzene rings is 2. The van der Waals surface area contributed by atoms with Gasteiger partial charge in [0.1, 0.15) is 5.75 Å². The summed E-state index contributed by atoms with van der Waals surface area (Å²) in [5, 5.41) is 6.18. The van der Waals surface area contributed by atoms with Crippen LogP contribution in [0.25, 0.3) is 0 Å². The minimum Gasteiger partial charge on any atom is -0.495 e. The van der Waals surface area contributed by atoms with Gasteiger partial charge in [-0.15, -0.1) is 0 Å². The van der Waals surface area contributed by atoms with Crippen LogP contribution in [0.4, 0.5) is 17.1 Å². The summed E-state index contributed by atoms with van der Waals surface area (Å²) in [6.45, 7) is 8.90. The number of methoxy groups -OCH3 is 1. The van der Waals surface area contributed by atoms with Crippen LogP contribution in [0, 0.1) is 5.92 Å². The normalized spacial score (nSPS) is 14.3. The van der Waals surface area contributed by atoms with E-state index in [0.29, 0.717) is 17.8 Å². The maximum Gasteiger partial charge on any atom is 0.253 e. The number of rotatable bonds is 14. The summed E-state index contributed by atoms with van der Waals surface area (Å²) < 4.78 is 5.57. The van der Waals surface area contributed by atoms with Crippen molar-refractivity contribution in [3.05, 3.63) is 48.0 Å². The molecule has 0 aliphatic carbocycles. The van der Waals surface area contributed by atoms with Crippen molar-refractivity contribution in [3.8, 4) is 5.75 Å². The Bertz CT molecular complexity index is 1070. The van der Waals surface area contributed by atoms with E-state index in [1.807, 2.05) is 50.5 Å². The van der Waals surface area contributed by atoms with E-state index in [2.05, 4.69) is 45.2 Å². The number of unbranched alkanes of at least 4 members (excludes halogenated alkanes) is 1. The van der Waals surface area contributed by atoms with Gasteiger partial charge in [-0.1, -0.05) is 38.8 Å². The number of amides is 2. The van der Waals surface area contributed by atoms with Crippen molar-refractivity contribution in [1.29, 1.82) is 0 Å². The van der Waals surface area contributed by atoms with Gasteiger partial charge in [0.15, 0.2) is 0 Å². The molecule has 2 aromatic rings. The fourth-order valence-electron chi connectivity index (χ4n) is 5.06. The second-order valence-corrected chi connectivity index (χ2v) is 10.5. The van der Waals surface area contributed by atoms with E-state index in [9.17, 15) is 9.59 Å². The zero-order valence-electron chi connectivity index (χ0n) is 24.5. The molecule has 1 heterocycles. The molecule has 8 heteroatoms. The number of carbonyl (C=O) groups is 2. The van der Waals surface area contributed by atoms with Gasteiger partial charge in [0, 0.05) is 50.0 Å². The summed E-state index contributed by atoms with van der Waals surface area (Å²) in [7, 11) is 5.76. The summed E-state index contributed by atoms with van der Waals surface area (Å²) in [6.07, 6.45) is 4.66. The van der Waals surface area contributed by atoms with Crippen LogP contribution in [0.1, 0.15) is 56.3 Å². The molecule has 1 fully saturated rings.